The van der Waals surface area contributed by atoms with Crippen LogP contribution < -0.4 is 10.2 Å². The van der Waals surface area contributed by atoms with Crippen LogP contribution in [0.25, 0.3) is 0 Å². The van der Waals surface area contributed by atoms with Crippen molar-refractivity contribution in [2.24, 2.45) is 5.92 Å². The standard InChI is InChI=1S/C16H25N3/c1-2-6-14(7-3-1)12-17-15-8-9-16(18-13-15)19-10-4-5-11-19/h8-9,13-14,17H,1-7,10-12H2. The van der Waals surface area contributed by atoms with E-state index in [4.69, 9.17) is 0 Å². The van der Waals surface area contributed by atoms with Gasteiger partial charge in [0.2, 0.25) is 0 Å². The molecule has 1 N–H and O–H groups in total. The highest BCUT2D eigenvalue weighted by Gasteiger charge is 2.14. The molecule has 0 atom stereocenters. The van der Waals surface area contributed by atoms with Gasteiger partial charge in [0.1, 0.15) is 5.82 Å². The number of hydrogen-bond acceptors (Lipinski definition) is 3. The van der Waals surface area contributed by atoms with Gasteiger partial charge in [0.05, 0.1) is 11.9 Å². The fraction of sp³-hybridized carbons (Fsp3) is 0.688. The Bertz CT molecular complexity index is 375. The van der Waals surface area contributed by atoms with Crippen molar-refractivity contribution in [3.63, 3.8) is 0 Å². The third-order valence-electron chi connectivity index (χ3n) is 4.50. The Labute approximate surface area is 116 Å². The quantitative estimate of drug-likeness (QED) is 0.894. The first-order chi connectivity index (χ1) is 9.42. The van der Waals surface area contributed by atoms with Crippen molar-refractivity contribution in [2.45, 2.75) is 44.9 Å². The average Bonchev–Trinajstić information content (AvgIpc) is 3.01. The van der Waals surface area contributed by atoms with Crippen molar-refractivity contribution in [3.8, 4) is 0 Å². The maximum atomic E-state index is 4.59. The van der Waals surface area contributed by atoms with E-state index in [1.165, 1.54) is 63.7 Å². The molecule has 1 aliphatic carbocycles. The van der Waals surface area contributed by atoms with Crippen LogP contribution in [0.15, 0.2) is 18.3 Å². The summed E-state index contributed by atoms with van der Waals surface area (Å²) in [6.45, 7) is 3.45. The van der Waals surface area contributed by atoms with Crippen molar-refractivity contribution in [2.75, 3.05) is 29.9 Å². The summed E-state index contributed by atoms with van der Waals surface area (Å²) in [5.74, 6) is 2.01. The summed E-state index contributed by atoms with van der Waals surface area (Å²) in [7, 11) is 0. The highest BCUT2D eigenvalue weighted by Crippen LogP contribution is 2.24. The van der Waals surface area contributed by atoms with Crippen molar-refractivity contribution >= 4 is 11.5 Å². The number of nitrogens with one attached hydrogen (secondary N) is 1. The maximum absolute atomic E-state index is 4.59. The lowest BCUT2D eigenvalue weighted by atomic mass is 9.89. The lowest BCUT2D eigenvalue weighted by Gasteiger charge is -2.22. The molecule has 19 heavy (non-hydrogen) atoms. The van der Waals surface area contributed by atoms with Gasteiger partial charge in [-0.1, -0.05) is 19.3 Å². The molecule has 1 saturated carbocycles. The molecular formula is C16H25N3. The van der Waals surface area contributed by atoms with Gasteiger partial charge in [-0.05, 0) is 43.7 Å². The van der Waals surface area contributed by atoms with Gasteiger partial charge in [0.25, 0.3) is 0 Å². The molecule has 2 aliphatic rings. The van der Waals surface area contributed by atoms with E-state index >= 15 is 0 Å². The minimum absolute atomic E-state index is 0.868. The summed E-state index contributed by atoms with van der Waals surface area (Å²) >= 11 is 0. The predicted molar refractivity (Wildman–Crippen MR) is 80.7 cm³/mol. The van der Waals surface area contributed by atoms with Crippen molar-refractivity contribution < 1.29 is 0 Å². The Kier molecular flexibility index (Phi) is 4.21. The van der Waals surface area contributed by atoms with Gasteiger partial charge < -0.3 is 10.2 Å². The molecule has 3 nitrogen and oxygen atoms in total. The van der Waals surface area contributed by atoms with E-state index in [9.17, 15) is 0 Å². The normalized spacial score (nSPS) is 20.7. The second-order valence-electron chi connectivity index (χ2n) is 5.98. The van der Waals surface area contributed by atoms with Gasteiger partial charge >= 0.3 is 0 Å². The molecule has 104 valence electrons. The Hall–Kier alpha value is -1.25. The number of pyridine rings is 1. The number of hydrogen-bond donors (Lipinski definition) is 1. The number of anilines is 2. The zero-order valence-corrected chi connectivity index (χ0v) is 11.8. The van der Waals surface area contributed by atoms with Crippen LogP contribution in [0.2, 0.25) is 0 Å². The first-order valence-corrected chi connectivity index (χ1v) is 7.87. The molecule has 1 aromatic heterocycles. The molecule has 0 radical (unpaired) electrons. The molecule has 1 aliphatic heterocycles. The molecule has 2 fully saturated rings. The van der Waals surface area contributed by atoms with Crippen LogP contribution in [-0.2, 0) is 0 Å². The Balaban J connectivity index is 1.50. The summed E-state index contributed by atoms with van der Waals surface area (Å²) in [5, 5.41) is 3.55. The molecule has 3 rings (SSSR count). The maximum Gasteiger partial charge on any atom is 0.128 e. The van der Waals surface area contributed by atoms with E-state index in [1.807, 2.05) is 6.20 Å². The van der Waals surface area contributed by atoms with Crippen LogP contribution in [0.3, 0.4) is 0 Å². The molecule has 2 heterocycles. The average molecular weight is 259 g/mol. The molecule has 0 unspecified atom stereocenters. The number of aromatic nitrogens is 1. The Morgan fingerprint density at radius 2 is 1.84 bits per heavy atom. The number of nitrogens with zero attached hydrogens (tertiary/aromatic N) is 2. The molecule has 1 aromatic rings. The third-order valence-corrected chi connectivity index (χ3v) is 4.50. The van der Waals surface area contributed by atoms with Crippen LogP contribution in [0, 0.1) is 5.92 Å². The van der Waals surface area contributed by atoms with Crippen LogP contribution in [-0.4, -0.2) is 24.6 Å². The van der Waals surface area contributed by atoms with E-state index in [0.29, 0.717) is 0 Å². The molecule has 0 spiro atoms. The lowest BCUT2D eigenvalue weighted by Crippen LogP contribution is -2.19. The van der Waals surface area contributed by atoms with E-state index in [1.54, 1.807) is 0 Å². The minimum Gasteiger partial charge on any atom is -0.384 e. The second-order valence-corrected chi connectivity index (χ2v) is 5.98. The largest absolute Gasteiger partial charge is 0.384 e. The fourth-order valence-corrected chi connectivity index (χ4v) is 3.28. The molecule has 3 heteroatoms. The monoisotopic (exact) mass is 259 g/mol. The van der Waals surface area contributed by atoms with Crippen LogP contribution in [0.4, 0.5) is 11.5 Å². The van der Waals surface area contributed by atoms with Gasteiger partial charge in [0.15, 0.2) is 0 Å². The van der Waals surface area contributed by atoms with Crippen LogP contribution in [0.1, 0.15) is 44.9 Å². The minimum atomic E-state index is 0.868. The Morgan fingerprint density at radius 1 is 1.05 bits per heavy atom. The molecular weight excluding hydrogens is 234 g/mol. The van der Waals surface area contributed by atoms with Crippen LogP contribution in [0.5, 0.6) is 0 Å². The first kappa shape index (κ1) is 12.8. The molecule has 1 saturated heterocycles. The molecule has 0 amide bonds. The SMILES string of the molecule is c1cc(N2CCCC2)ncc1NCC1CCCCC1. The Morgan fingerprint density at radius 3 is 2.53 bits per heavy atom. The smallest absolute Gasteiger partial charge is 0.128 e. The summed E-state index contributed by atoms with van der Waals surface area (Å²) in [4.78, 5) is 6.97. The van der Waals surface area contributed by atoms with Gasteiger partial charge in [-0.3, -0.25) is 0 Å². The number of rotatable bonds is 4. The predicted octanol–water partition coefficient (Wildman–Crippen LogP) is 3.67. The van der Waals surface area contributed by atoms with Gasteiger partial charge in [-0.2, -0.15) is 0 Å². The summed E-state index contributed by atoms with van der Waals surface area (Å²) in [6.07, 6.45) is 11.7. The lowest BCUT2D eigenvalue weighted by molar-refractivity contribution is 0.373. The zero-order valence-electron chi connectivity index (χ0n) is 11.8. The van der Waals surface area contributed by atoms with E-state index < -0.39 is 0 Å². The fourth-order valence-electron chi connectivity index (χ4n) is 3.28. The second kappa shape index (κ2) is 6.27. The topological polar surface area (TPSA) is 28.2 Å². The van der Waals surface area contributed by atoms with Crippen molar-refractivity contribution in [1.29, 1.82) is 0 Å². The van der Waals surface area contributed by atoms with Crippen LogP contribution >= 0.6 is 0 Å². The van der Waals surface area contributed by atoms with E-state index in [0.717, 1.165) is 18.3 Å². The molecule has 0 aromatic carbocycles. The first-order valence-electron chi connectivity index (χ1n) is 7.87. The van der Waals surface area contributed by atoms with Crippen molar-refractivity contribution in [3.05, 3.63) is 18.3 Å². The highest BCUT2D eigenvalue weighted by molar-refractivity contribution is 5.49. The summed E-state index contributed by atoms with van der Waals surface area (Å²) in [6, 6.07) is 4.35. The van der Waals surface area contributed by atoms with Crippen molar-refractivity contribution in [1.82, 2.24) is 4.98 Å². The van der Waals surface area contributed by atoms with Gasteiger partial charge in [0, 0.05) is 19.6 Å². The highest BCUT2D eigenvalue weighted by atomic mass is 15.2. The molecule has 0 bridgehead atoms. The third kappa shape index (κ3) is 3.40. The summed E-state index contributed by atoms with van der Waals surface area (Å²) < 4.78 is 0. The van der Waals surface area contributed by atoms with E-state index in [-0.39, 0.29) is 0 Å². The summed E-state index contributed by atoms with van der Waals surface area (Å²) in [5.41, 5.74) is 1.17. The van der Waals surface area contributed by atoms with Gasteiger partial charge in [-0.15, -0.1) is 0 Å². The van der Waals surface area contributed by atoms with E-state index in [2.05, 4.69) is 27.3 Å². The zero-order chi connectivity index (χ0) is 12.9. The van der Waals surface area contributed by atoms with Gasteiger partial charge in [-0.25, -0.2) is 4.98 Å².